The number of imidazole rings is 2. The molecule has 0 bridgehead atoms. The Morgan fingerprint density at radius 1 is 0.707 bits per heavy atom. The van der Waals surface area contributed by atoms with E-state index in [9.17, 15) is 9.59 Å². The lowest BCUT2D eigenvalue weighted by molar-refractivity contribution is -0.118. The van der Waals surface area contributed by atoms with Crippen molar-refractivity contribution in [1.29, 1.82) is 0 Å². The fraction of sp³-hybridized carbons (Fsp3) is 0.118. The molecular weight excluding hydrogens is 510 g/mol. The van der Waals surface area contributed by atoms with E-state index in [1.54, 1.807) is 36.7 Å². The molecule has 0 aliphatic heterocycles. The molecule has 0 N–H and O–H groups in total. The minimum atomic E-state index is -0.185. The molecule has 3 heterocycles. The van der Waals surface area contributed by atoms with Crippen LogP contribution < -0.4 is 0 Å². The zero-order valence-corrected chi connectivity index (χ0v) is 22.6. The van der Waals surface area contributed by atoms with Gasteiger partial charge in [-0.05, 0) is 48.2 Å². The van der Waals surface area contributed by atoms with Crippen LogP contribution in [0.25, 0.3) is 21.8 Å². The van der Waals surface area contributed by atoms with Crippen molar-refractivity contribution in [3.05, 3.63) is 120 Å². The number of fused-ring (bicyclic) bond motifs is 3. The normalized spacial score (nSPS) is 10.7. The maximum atomic E-state index is 13.1. The van der Waals surface area contributed by atoms with E-state index in [-0.39, 0.29) is 24.5 Å². The molecule has 0 fully saturated rings. The van der Waals surface area contributed by atoms with Crippen LogP contribution in [0.3, 0.4) is 0 Å². The Balaban J connectivity index is 1.41. The monoisotopic (exact) mass is 535 g/mol. The number of hydrogen-bond acceptors (Lipinski definition) is 4. The zero-order chi connectivity index (χ0) is 28.3. The molecule has 0 aliphatic carbocycles. The van der Waals surface area contributed by atoms with Crippen LogP contribution in [-0.2, 0) is 25.4 Å². The number of rotatable bonds is 5. The number of carbonyl (C=O) groups is 2. The van der Waals surface area contributed by atoms with E-state index < -0.39 is 0 Å². The standard InChI is InChI=1S/C34H25N5O2/c1-37-18-16-35-33(37)14-10-24-8-12-30-28(20-24)29-21-25(11-15-34-36-17-19-38(34)2)9-13-31(29)39(30)23-27(40)22-32(41)26-6-4-3-5-7-26/h3-9,12-13,16-21H,22-23H2,1-2H3. The molecule has 0 amide bonds. The summed E-state index contributed by atoms with van der Waals surface area (Å²) < 4.78 is 5.70. The topological polar surface area (TPSA) is 74.7 Å². The third-order valence-electron chi connectivity index (χ3n) is 6.93. The molecule has 7 heteroatoms. The number of ketones is 2. The second kappa shape index (κ2) is 10.8. The zero-order valence-electron chi connectivity index (χ0n) is 22.6. The van der Waals surface area contributed by atoms with Gasteiger partial charge < -0.3 is 13.7 Å². The second-order valence-electron chi connectivity index (χ2n) is 9.78. The molecule has 198 valence electrons. The minimum Gasteiger partial charge on any atom is -0.333 e. The van der Waals surface area contributed by atoms with E-state index in [2.05, 4.69) is 33.6 Å². The summed E-state index contributed by atoms with van der Waals surface area (Å²) in [6, 6.07) is 20.8. The molecule has 0 saturated heterocycles. The summed E-state index contributed by atoms with van der Waals surface area (Å²) in [7, 11) is 3.81. The third-order valence-corrected chi connectivity index (χ3v) is 6.93. The van der Waals surface area contributed by atoms with Gasteiger partial charge in [0.15, 0.2) is 23.2 Å². The van der Waals surface area contributed by atoms with Crippen molar-refractivity contribution in [3.63, 3.8) is 0 Å². The summed E-state index contributed by atoms with van der Waals surface area (Å²) in [5, 5.41) is 1.91. The minimum absolute atomic E-state index is 0.0785. The molecule has 6 aromatic rings. The van der Waals surface area contributed by atoms with Gasteiger partial charge in [0.25, 0.3) is 0 Å². The highest BCUT2D eigenvalue weighted by Gasteiger charge is 2.17. The summed E-state index contributed by atoms with van der Waals surface area (Å²) >= 11 is 0. The lowest BCUT2D eigenvalue weighted by Gasteiger charge is -2.07. The van der Waals surface area contributed by atoms with Crippen molar-refractivity contribution in [3.8, 4) is 23.7 Å². The Bertz CT molecular complexity index is 1960. The number of Topliss-reactive ketones (excluding diaryl/α,β-unsaturated/α-hetero) is 2. The highest BCUT2D eigenvalue weighted by molar-refractivity contribution is 6.11. The largest absolute Gasteiger partial charge is 0.333 e. The number of carbonyl (C=O) groups excluding carboxylic acids is 2. The van der Waals surface area contributed by atoms with Gasteiger partial charge in [-0.25, -0.2) is 9.97 Å². The van der Waals surface area contributed by atoms with Crippen molar-refractivity contribution in [2.45, 2.75) is 13.0 Å². The lowest BCUT2D eigenvalue weighted by Crippen LogP contribution is -2.14. The fourth-order valence-corrected chi connectivity index (χ4v) is 4.80. The highest BCUT2D eigenvalue weighted by atomic mass is 16.1. The van der Waals surface area contributed by atoms with E-state index in [0.29, 0.717) is 17.2 Å². The molecule has 0 aliphatic rings. The van der Waals surface area contributed by atoms with Crippen LogP contribution in [0, 0.1) is 23.7 Å². The lowest BCUT2D eigenvalue weighted by atomic mass is 10.1. The highest BCUT2D eigenvalue weighted by Crippen LogP contribution is 2.31. The Morgan fingerprint density at radius 2 is 1.24 bits per heavy atom. The molecule has 3 aromatic heterocycles. The molecule has 0 spiro atoms. The van der Waals surface area contributed by atoms with Gasteiger partial charge in [0.05, 0.1) is 13.0 Å². The average Bonchev–Trinajstić information content (AvgIpc) is 3.68. The maximum Gasteiger partial charge on any atom is 0.185 e. The Kier molecular flexibility index (Phi) is 6.77. The predicted molar refractivity (Wildman–Crippen MR) is 158 cm³/mol. The second-order valence-corrected chi connectivity index (χ2v) is 9.78. The number of nitrogens with zero attached hydrogens (tertiary/aromatic N) is 5. The van der Waals surface area contributed by atoms with Crippen molar-refractivity contribution < 1.29 is 9.59 Å². The van der Waals surface area contributed by atoms with Gasteiger partial charge in [-0.15, -0.1) is 0 Å². The van der Waals surface area contributed by atoms with Gasteiger partial charge >= 0.3 is 0 Å². The van der Waals surface area contributed by atoms with Gasteiger partial charge in [-0.2, -0.15) is 0 Å². The van der Waals surface area contributed by atoms with Gasteiger partial charge in [0, 0.05) is 77.4 Å². The van der Waals surface area contributed by atoms with Crippen LogP contribution in [0.1, 0.15) is 39.6 Å². The summed E-state index contributed by atoms with van der Waals surface area (Å²) in [5.74, 6) is 13.7. The molecular formula is C34H25N5O2. The number of benzene rings is 3. The quantitative estimate of drug-likeness (QED) is 0.179. The fourth-order valence-electron chi connectivity index (χ4n) is 4.80. The smallest absolute Gasteiger partial charge is 0.185 e. The molecule has 3 aromatic carbocycles. The van der Waals surface area contributed by atoms with E-state index in [4.69, 9.17) is 0 Å². The van der Waals surface area contributed by atoms with Crippen LogP contribution in [0.2, 0.25) is 0 Å². The van der Waals surface area contributed by atoms with Gasteiger partial charge in [-0.1, -0.05) is 42.2 Å². The van der Waals surface area contributed by atoms with E-state index in [1.807, 2.05) is 82.7 Å². The van der Waals surface area contributed by atoms with E-state index >= 15 is 0 Å². The molecule has 0 radical (unpaired) electrons. The Labute approximate surface area is 237 Å². The predicted octanol–water partition coefficient (Wildman–Crippen LogP) is 4.90. The van der Waals surface area contributed by atoms with Crippen LogP contribution in [-0.4, -0.2) is 35.2 Å². The first-order valence-corrected chi connectivity index (χ1v) is 13.1. The average molecular weight is 536 g/mol. The van der Waals surface area contributed by atoms with Crippen molar-refractivity contribution in [1.82, 2.24) is 23.7 Å². The molecule has 0 unspecified atom stereocenters. The summed E-state index contributed by atoms with van der Waals surface area (Å²) in [6.45, 7) is 0.0785. The molecule has 0 saturated carbocycles. The molecule has 0 atom stereocenters. The maximum absolute atomic E-state index is 13.1. The van der Waals surface area contributed by atoms with Crippen molar-refractivity contribution >= 4 is 33.4 Å². The number of aromatic nitrogens is 5. The SMILES string of the molecule is Cn1ccnc1C#Cc1ccc2c(c1)c1cc(C#Cc3nccn3C)ccc1n2CC(=O)CC(=O)c1ccccc1. The summed E-state index contributed by atoms with van der Waals surface area (Å²) in [5.41, 5.74) is 3.97. The summed E-state index contributed by atoms with van der Waals surface area (Å²) in [6.07, 6.45) is 6.98. The first-order valence-electron chi connectivity index (χ1n) is 13.1. The van der Waals surface area contributed by atoms with Crippen LogP contribution in [0.5, 0.6) is 0 Å². The van der Waals surface area contributed by atoms with Crippen LogP contribution >= 0.6 is 0 Å². The van der Waals surface area contributed by atoms with Gasteiger partial charge in [0.2, 0.25) is 0 Å². The Hall–Kier alpha value is -5.66. The first-order chi connectivity index (χ1) is 20.0. The molecule has 41 heavy (non-hydrogen) atoms. The van der Waals surface area contributed by atoms with Gasteiger partial charge in [-0.3, -0.25) is 9.59 Å². The van der Waals surface area contributed by atoms with E-state index in [0.717, 1.165) is 32.9 Å². The third kappa shape index (κ3) is 5.30. The number of hydrogen-bond donors (Lipinski definition) is 0. The van der Waals surface area contributed by atoms with Crippen molar-refractivity contribution in [2.75, 3.05) is 0 Å². The Morgan fingerprint density at radius 3 is 1.73 bits per heavy atom. The van der Waals surface area contributed by atoms with Crippen LogP contribution in [0.4, 0.5) is 0 Å². The molecule has 7 nitrogen and oxygen atoms in total. The van der Waals surface area contributed by atoms with Crippen molar-refractivity contribution in [2.24, 2.45) is 14.1 Å². The van der Waals surface area contributed by atoms with Crippen LogP contribution in [0.15, 0.2) is 91.5 Å². The molecule has 6 rings (SSSR count). The van der Waals surface area contributed by atoms with E-state index in [1.165, 1.54) is 0 Å². The summed E-state index contributed by atoms with van der Waals surface area (Å²) in [4.78, 5) is 34.4. The van der Waals surface area contributed by atoms with Gasteiger partial charge in [0.1, 0.15) is 0 Å². The number of aryl methyl sites for hydroxylation is 2. The first kappa shape index (κ1) is 25.6.